The van der Waals surface area contributed by atoms with E-state index in [9.17, 15) is 9.90 Å². The van der Waals surface area contributed by atoms with Crippen molar-refractivity contribution < 1.29 is 19.5 Å². The van der Waals surface area contributed by atoms with Gasteiger partial charge in [-0.15, -0.1) is 0 Å². The average Bonchev–Trinajstić information content (AvgIpc) is 2.79. The zero-order valence-electron chi connectivity index (χ0n) is 9.17. The zero-order chi connectivity index (χ0) is 12.4. The molecular weight excluding hydrogens is 222 g/mol. The van der Waals surface area contributed by atoms with Crippen molar-refractivity contribution in [2.24, 2.45) is 0 Å². The van der Waals surface area contributed by atoms with Gasteiger partial charge in [-0.25, -0.2) is 4.79 Å². The molecule has 0 aliphatic heterocycles. The summed E-state index contributed by atoms with van der Waals surface area (Å²) in [7, 11) is 0. The lowest BCUT2D eigenvalue weighted by molar-refractivity contribution is 0.0652. The number of carboxylic acid groups (broad SMARTS) is 1. The molecule has 0 fully saturated rings. The molecule has 0 saturated carbocycles. The van der Waals surface area contributed by atoms with Crippen molar-refractivity contribution >= 4 is 5.97 Å². The Hall–Kier alpha value is -2.30. The van der Waals surface area contributed by atoms with Gasteiger partial charge in [0.2, 0.25) is 5.76 Å². The lowest BCUT2D eigenvalue weighted by Gasteiger charge is -2.02. The number of hydrogen-bond acceptors (Lipinski definition) is 4. The number of carbonyl (C=O) groups is 1. The molecule has 1 aromatic carbocycles. The number of aromatic nitrogens is 1. The summed E-state index contributed by atoms with van der Waals surface area (Å²) in [5.41, 5.74) is 1.81. The first-order valence-electron chi connectivity index (χ1n) is 5.14. The van der Waals surface area contributed by atoms with Crippen molar-refractivity contribution in [1.29, 1.82) is 0 Å². The molecule has 5 nitrogen and oxygen atoms in total. The first-order valence-corrected chi connectivity index (χ1v) is 5.14. The van der Waals surface area contributed by atoms with E-state index in [1.165, 1.54) is 6.07 Å². The quantitative estimate of drug-likeness (QED) is 0.849. The average molecular weight is 233 g/mol. The van der Waals surface area contributed by atoms with E-state index >= 15 is 0 Å². The summed E-state index contributed by atoms with van der Waals surface area (Å²) in [4.78, 5) is 10.7. The Balaban J connectivity index is 2.47. The monoisotopic (exact) mass is 233 g/mol. The van der Waals surface area contributed by atoms with Crippen LogP contribution in [-0.2, 0) is 6.42 Å². The second-order valence-corrected chi connectivity index (χ2v) is 3.59. The van der Waals surface area contributed by atoms with Crippen LogP contribution in [0, 0.1) is 0 Å². The van der Waals surface area contributed by atoms with Crippen molar-refractivity contribution in [3.63, 3.8) is 0 Å². The maximum atomic E-state index is 10.7. The minimum atomic E-state index is -1.19. The van der Waals surface area contributed by atoms with Gasteiger partial charge in [0.15, 0.2) is 0 Å². The maximum absolute atomic E-state index is 10.7. The molecule has 88 valence electrons. The molecular formula is C12H11NO4. The van der Waals surface area contributed by atoms with E-state index in [1.807, 2.05) is 6.92 Å². The number of benzene rings is 1. The molecule has 0 aliphatic rings. The summed E-state index contributed by atoms with van der Waals surface area (Å²) in [6.45, 7) is 1.99. The first kappa shape index (κ1) is 11.2. The standard InChI is InChI=1S/C12H11NO4/c1-2-7-3-4-10(14)8(5-7)9-6-11(12(15)16)17-13-9/h3-6,14H,2H2,1H3,(H,15,16). The molecule has 0 bridgehead atoms. The zero-order valence-corrected chi connectivity index (χ0v) is 9.17. The van der Waals surface area contributed by atoms with Crippen molar-refractivity contribution in [1.82, 2.24) is 5.16 Å². The molecule has 2 aromatic rings. The van der Waals surface area contributed by atoms with Gasteiger partial charge in [0.05, 0.1) is 0 Å². The Morgan fingerprint density at radius 1 is 1.41 bits per heavy atom. The van der Waals surface area contributed by atoms with E-state index in [-0.39, 0.29) is 11.5 Å². The van der Waals surface area contributed by atoms with Crippen LogP contribution in [0.3, 0.4) is 0 Å². The third-order valence-corrected chi connectivity index (χ3v) is 2.47. The molecule has 0 saturated heterocycles. The molecule has 0 atom stereocenters. The van der Waals surface area contributed by atoms with Crippen LogP contribution in [0.4, 0.5) is 0 Å². The van der Waals surface area contributed by atoms with Crippen LogP contribution < -0.4 is 0 Å². The molecule has 1 aromatic heterocycles. The van der Waals surface area contributed by atoms with Crippen LogP contribution in [0.25, 0.3) is 11.3 Å². The van der Waals surface area contributed by atoms with Gasteiger partial charge >= 0.3 is 5.97 Å². The number of nitrogens with zero attached hydrogens (tertiary/aromatic N) is 1. The number of hydrogen-bond donors (Lipinski definition) is 2. The minimum absolute atomic E-state index is 0.0486. The van der Waals surface area contributed by atoms with Gasteiger partial charge in [-0.3, -0.25) is 0 Å². The van der Waals surface area contributed by atoms with Crippen LogP contribution in [0.2, 0.25) is 0 Å². The lowest BCUT2D eigenvalue weighted by Crippen LogP contribution is -1.91. The summed E-state index contributed by atoms with van der Waals surface area (Å²) < 4.78 is 4.65. The highest BCUT2D eigenvalue weighted by atomic mass is 16.5. The number of rotatable bonds is 3. The van der Waals surface area contributed by atoms with E-state index in [0.29, 0.717) is 11.3 Å². The van der Waals surface area contributed by atoms with Crippen LogP contribution in [0.15, 0.2) is 28.8 Å². The van der Waals surface area contributed by atoms with E-state index in [2.05, 4.69) is 9.68 Å². The molecule has 0 aliphatic carbocycles. The van der Waals surface area contributed by atoms with Gasteiger partial charge in [-0.05, 0) is 24.1 Å². The van der Waals surface area contributed by atoms with Crippen molar-refractivity contribution in [3.05, 3.63) is 35.6 Å². The van der Waals surface area contributed by atoms with Gasteiger partial charge in [0.25, 0.3) is 0 Å². The largest absolute Gasteiger partial charge is 0.507 e. The highest BCUT2D eigenvalue weighted by Gasteiger charge is 2.14. The Kier molecular flexibility index (Phi) is 2.82. The van der Waals surface area contributed by atoms with Gasteiger partial charge in [-0.2, -0.15) is 0 Å². The van der Waals surface area contributed by atoms with E-state index in [0.717, 1.165) is 12.0 Å². The van der Waals surface area contributed by atoms with E-state index in [4.69, 9.17) is 5.11 Å². The molecule has 17 heavy (non-hydrogen) atoms. The SMILES string of the molecule is CCc1ccc(O)c(-c2cc(C(=O)O)on2)c1. The van der Waals surface area contributed by atoms with Crippen molar-refractivity contribution in [2.75, 3.05) is 0 Å². The topological polar surface area (TPSA) is 83.6 Å². The molecule has 1 heterocycles. The smallest absolute Gasteiger partial charge is 0.374 e. The van der Waals surface area contributed by atoms with Crippen molar-refractivity contribution in [2.45, 2.75) is 13.3 Å². The molecule has 0 spiro atoms. The fourth-order valence-electron chi connectivity index (χ4n) is 1.51. The third-order valence-electron chi connectivity index (χ3n) is 2.47. The Morgan fingerprint density at radius 2 is 2.18 bits per heavy atom. The molecule has 5 heteroatoms. The molecule has 2 rings (SSSR count). The maximum Gasteiger partial charge on any atom is 0.374 e. The Morgan fingerprint density at radius 3 is 2.76 bits per heavy atom. The summed E-state index contributed by atoms with van der Waals surface area (Å²) in [5.74, 6) is -1.39. The molecule has 2 N–H and O–H groups in total. The van der Waals surface area contributed by atoms with Crippen LogP contribution >= 0.6 is 0 Å². The normalized spacial score (nSPS) is 10.4. The predicted octanol–water partition coefficient (Wildman–Crippen LogP) is 2.31. The van der Waals surface area contributed by atoms with Gasteiger partial charge in [0, 0.05) is 11.6 Å². The third kappa shape index (κ3) is 2.13. The van der Waals surface area contributed by atoms with Crippen LogP contribution in [0.1, 0.15) is 23.0 Å². The number of aromatic hydroxyl groups is 1. The first-order chi connectivity index (χ1) is 8.11. The number of phenolic OH excluding ortho intramolecular Hbond substituents is 1. The van der Waals surface area contributed by atoms with Gasteiger partial charge < -0.3 is 14.7 Å². The summed E-state index contributed by atoms with van der Waals surface area (Å²) in [6.07, 6.45) is 0.816. The highest BCUT2D eigenvalue weighted by molar-refractivity contribution is 5.86. The molecule has 0 amide bonds. The molecule has 0 radical (unpaired) electrons. The number of carboxylic acids is 1. The predicted molar refractivity (Wildman–Crippen MR) is 59.9 cm³/mol. The van der Waals surface area contributed by atoms with Gasteiger partial charge in [-0.1, -0.05) is 18.1 Å². The summed E-state index contributed by atoms with van der Waals surface area (Å²) in [6, 6.07) is 6.41. The van der Waals surface area contributed by atoms with E-state index in [1.54, 1.807) is 18.2 Å². The summed E-state index contributed by atoms with van der Waals surface area (Å²) >= 11 is 0. The van der Waals surface area contributed by atoms with Gasteiger partial charge in [0.1, 0.15) is 11.4 Å². The second kappa shape index (κ2) is 4.29. The summed E-state index contributed by atoms with van der Waals surface area (Å²) in [5, 5.41) is 22.0. The number of aromatic carboxylic acids is 1. The molecule has 0 unspecified atom stereocenters. The second-order valence-electron chi connectivity index (χ2n) is 3.59. The number of aryl methyl sites for hydroxylation is 1. The fraction of sp³-hybridized carbons (Fsp3) is 0.167. The number of phenols is 1. The fourth-order valence-corrected chi connectivity index (χ4v) is 1.51. The minimum Gasteiger partial charge on any atom is -0.507 e. The van der Waals surface area contributed by atoms with E-state index < -0.39 is 5.97 Å². The lowest BCUT2D eigenvalue weighted by atomic mass is 10.1. The Bertz CT molecular complexity index is 559. The van der Waals surface area contributed by atoms with Crippen LogP contribution in [0.5, 0.6) is 5.75 Å². The highest BCUT2D eigenvalue weighted by Crippen LogP contribution is 2.29. The van der Waals surface area contributed by atoms with Crippen LogP contribution in [-0.4, -0.2) is 21.3 Å². The van der Waals surface area contributed by atoms with Crippen molar-refractivity contribution in [3.8, 4) is 17.0 Å². The Labute approximate surface area is 97.3 Å².